The molecule has 0 saturated carbocycles. The first-order chi connectivity index (χ1) is 10.2. The molecule has 4 heterocycles. The minimum atomic E-state index is -0.310. The van der Waals surface area contributed by atoms with E-state index in [4.69, 9.17) is 5.73 Å². The van der Waals surface area contributed by atoms with Gasteiger partial charge < -0.3 is 16.0 Å². The van der Waals surface area contributed by atoms with Gasteiger partial charge in [0.2, 0.25) is 0 Å². The molecule has 5 rings (SSSR count). The maximum absolute atomic E-state index is 14.4. The monoisotopic (exact) mass is 286 g/mol. The van der Waals surface area contributed by atoms with Crippen molar-refractivity contribution < 1.29 is 4.39 Å². The van der Waals surface area contributed by atoms with Gasteiger partial charge in [-0.3, -0.25) is 4.98 Å². The van der Waals surface area contributed by atoms with Gasteiger partial charge in [0, 0.05) is 29.9 Å². The Morgan fingerprint density at radius 3 is 2.86 bits per heavy atom. The van der Waals surface area contributed by atoms with Gasteiger partial charge in [-0.2, -0.15) is 0 Å². The Kier molecular flexibility index (Phi) is 2.96. The summed E-state index contributed by atoms with van der Waals surface area (Å²) in [6.07, 6.45) is 4.07. The Morgan fingerprint density at radius 1 is 1.33 bits per heavy atom. The second-order valence-corrected chi connectivity index (χ2v) is 6.11. The summed E-state index contributed by atoms with van der Waals surface area (Å²) in [5, 5.41) is 4.22. The minimum Gasteiger partial charge on any atom is -0.398 e. The van der Waals surface area contributed by atoms with Gasteiger partial charge in [0.15, 0.2) is 5.82 Å². The Hall–Kier alpha value is -1.88. The molecule has 2 bridgehead atoms. The van der Waals surface area contributed by atoms with Crippen LogP contribution in [0, 0.1) is 11.7 Å². The molecule has 4 nitrogen and oxygen atoms in total. The van der Waals surface area contributed by atoms with Crippen molar-refractivity contribution >= 4 is 22.3 Å². The fourth-order valence-corrected chi connectivity index (χ4v) is 3.69. The van der Waals surface area contributed by atoms with Crippen molar-refractivity contribution in [1.82, 2.24) is 9.88 Å². The highest BCUT2D eigenvalue weighted by atomic mass is 19.1. The molecule has 5 heteroatoms. The molecule has 3 fully saturated rings. The van der Waals surface area contributed by atoms with Gasteiger partial charge in [-0.05, 0) is 50.0 Å². The predicted octanol–water partition coefficient (Wildman–Crippen LogP) is 2.46. The SMILES string of the molecule is Nc1cc(F)c(NC2CN3CCC2CC3)c2ncccc12. The average molecular weight is 286 g/mol. The minimum absolute atomic E-state index is 0.302. The average Bonchev–Trinajstić information content (AvgIpc) is 2.53. The number of anilines is 2. The number of nitrogens with two attached hydrogens (primary N) is 1. The van der Waals surface area contributed by atoms with Gasteiger partial charge in [0.25, 0.3) is 0 Å². The first-order valence-corrected chi connectivity index (χ1v) is 7.54. The van der Waals surface area contributed by atoms with Gasteiger partial charge in [-0.25, -0.2) is 4.39 Å². The molecule has 0 amide bonds. The van der Waals surface area contributed by atoms with Crippen LogP contribution in [-0.4, -0.2) is 35.6 Å². The van der Waals surface area contributed by atoms with Crippen LogP contribution in [0.3, 0.4) is 0 Å². The van der Waals surface area contributed by atoms with Gasteiger partial charge in [-0.15, -0.1) is 0 Å². The first-order valence-electron chi connectivity index (χ1n) is 7.54. The number of hydrogen-bond acceptors (Lipinski definition) is 4. The van der Waals surface area contributed by atoms with E-state index >= 15 is 0 Å². The molecule has 2 aromatic rings. The number of nitrogens with one attached hydrogen (secondary N) is 1. The lowest BCUT2D eigenvalue weighted by molar-refractivity contribution is 0.0974. The van der Waals surface area contributed by atoms with Crippen LogP contribution in [-0.2, 0) is 0 Å². The number of aromatic nitrogens is 1. The molecule has 0 aliphatic carbocycles. The highest BCUT2D eigenvalue weighted by molar-refractivity contribution is 5.98. The van der Waals surface area contributed by atoms with Crippen LogP contribution in [0.4, 0.5) is 15.8 Å². The maximum atomic E-state index is 14.4. The number of piperidine rings is 3. The summed E-state index contributed by atoms with van der Waals surface area (Å²) >= 11 is 0. The third-order valence-corrected chi connectivity index (χ3v) is 4.86. The summed E-state index contributed by atoms with van der Waals surface area (Å²) in [4.78, 5) is 6.78. The number of nitrogen functional groups attached to an aromatic ring is 1. The maximum Gasteiger partial charge on any atom is 0.150 e. The van der Waals surface area contributed by atoms with Crippen molar-refractivity contribution in [2.24, 2.45) is 5.92 Å². The molecule has 110 valence electrons. The number of nitrogens with zero attached hydrogens (tertiary/aromatic N) is 2. The second kappa shape index (κ2) is 4.84. The Balaban J connectivity index is 1.73. The summed E-state index contributed by atoms with van der Waals surface area (Å²) in [7, 11) is 0. The number of hydrogen-bond donors (Lipinski definition) is 2. The fraction of sp³-hybridized carbons (Fsp3) is 0.438. The Bertz CT molecular complexity index is 679. The molecular formula is C16H19FN4. The van der Waals surface area contributed by atoms with Crippen molar-refractivity contribution in [3.05, 3.63) is 30.2 Å². The molecule has 0 radical (unpaired) electrons. The van der Waals surface area contributed by atoms with Gasteiger partial charge in [0.05, 0.1) is 11.2 Å². The quantitative estimate of drug-likeness (QED) is 0.833. The number of halogens is 1. The zero-order chi connectivity index (χ0) is 14.4. The van der Waals surface area contributed by atoms with E-state index in [9.17, 15) is 4.39 Å². The zero-order valence-corrected chi connectivity index (χ0v) is 11.8. The Morgan fingerprint density at radius 2 is 2.14 bits per heavy atom. The van der Waals surface area contributed by atoms with Crippen LogP contribution in [0.5, 0.6) is 0 Å². The molecule has 3 aliphatic heterocycles. The van der Waals surface area contributed by atoms with E-state index in [1.165, 1.54) is 32.0 Å². The van der Waals surface area contributed by atoms with Gasteiger partial charge in [0.1, 0.15) is 0 Å². The number of fused-ring (bicyclic) bond motifs is 4. The summed E-state index contributed by atoms with van der Waals surface area (Å²) in [5.74, 6) is 0.320. The van der Waals surface area contributed by atoms with Crippen LogP contribution in [0.15, 0.2) is 24.4 Å². The van der Waals surface area contributed by atoms with Gasteiger partial charge in [-0.1, -0.05) is 0 Å². The summed E-state index contributed by atoms with van der Waals surface area (Å²) in [6, 6.07) is 5.41. The smallest absolute Gasteiger partial charge is 0.150 e. The summed E-state index contributed by atoms with van der Waals surface area (Å²) < 4.78 is 14.4. The number of benzene rings is 1. The standard InChI is InChI=1S/C16H19FN4/c17-12-8-13(18)11-2-1-5-19-15(11)16(12)20-14-9-21-6-3-10(14)4-7-21/h1-2,5,8,10,14,20H,3-4,6-7,9,18H2. The highest BCUT2D eigenvalue weighted by Gasteiger charge is 2.34. The van der Waals surface area contributed by atoms with Crippen molar-refractivity contribution in [2.75, 3.05) is 30.7 Å². The van der Waals surface area contributed by atoms with E-state index in [1.807, 2.05) is 12.1 Å². The van der Waals surface area contributed by atoms with E-state index in [2.05, 4.69) is 15.2 Å². The first kappa shape index (κ1) is 12.8. The van der Waals surface area contributed by atoms with E-state index in [1.54, 1.807) is 6.20 Å². The lowest BCUT2D eigenvalue weighted by Gasteiger charge is -2.45. The van der Waals surface area contributed by atoms with Crippen molar-refractivity contribution in [2.45, 2.75) is 18.9 Å². The Labute approximate surface area is 123 Å². The van der Waals surface area contributed by atoms with Crippen LogP contribution in [0.2, 0.25) is 0 Å². The van der Waals surface area contributed by atoms with Crippen molar-refractivity contribution in [3.63, 3.8) is 0 Å². The fourth-order valence-electron chi connectivity index (χ4n) is 3.69. The third-order valence-electron chi connectivity index (χ3n) is 4.86. The largest absolute Gasteiger partial charge is 0.398 e. The highest BCUT2D eigenvalue weighted by Crippen LogP contribution is 2.34. The molecule has 3 aliphatic rings. The molecule has 1 unspecified atom stereocenters. The zero-order valence-electron chi connectivity index (χ0n) is 11.8. The molecule has 1 atom stereocenters. The van der Waals surface area contributed by atoms with E-state index in [0.29, 0.717) is 28.9 Å². The summed E-state index contributed by atoms with van der Waals surface area (Å²) in [5.41, 5.74) is 7.47. The van der Waals surface area contributed by atoms with E-state index < -0.39 is 0 Å². The van der Waals surface area contributed by atoms with Crippen LogP contribution >= 0.6 is 0 Å². The van der Waals surface area contributed by atoms with Crippen LogP contribution in [0.1, 0.15) is 12.8 Å². The number of pyridine rings is 1. The number of rotatable bonds is 2. The lowest BCUT2D eigenvalue weighted by atomic mass is 9.84. The van der Waals surface area contributed by atoms with Gasteiger partial charge >= 0.3 is 0 Å². The van der Waals surface area contributed by atoms with E-state index in [0.717, 1.165) is 11.9 Å². The second-order valence-electron chi connectivity index (χ2n) is 6.11. The van der Waals surface area contributed by atoms with E-state index in [-0.39, 0.29) is 5.82 Å². The normalized spacial score (nSPS) is 28.0. The molecule has 3 N–H and O–H groups in total. The molecule has 1 aromatic heterocycles. The molecule has 3 saturated heterocycles. The molecule has 21 heavy (non-hydrogen) atoms. The molecule has 1 aromatic carbocycles. The van der Waals surface area contributed by atoms with Crippen LogP contribution < -0.4 is 11.1 Å². The van der Waals surface area contributed by atoms with Crippen molar-refractivity contribution in [3.8, 4) is 0 Å². The topological polar surface area (TPSA) is 54.2 Å². The van der Waals surface area contributed by atoms with Crippen LogP contribution in [0.25, 0.3) is 10.9 Å². The molecular weight excluding hydrogens is 267 g/mol. The predicted molar refractivity (Wildman–Crippen MR) is 82.7 cm³/mol. The third kappa shape index (κ3) is 2.12. The lowest BCUT2D eigenvalue weighted by Crippen LogP contribution is -2.53. The summed E-state index contributed by atoms with van der Waals surface area (Å²) in [6.45, 7) is 3.33. The van der Waals surface area contributed by atoms with Crippen molar-refractivity contribution in [1.29, 1.82) is 0 Å². The molecule has 0 spiro atoms.